The molecule has 0 N–H and O–H groups in total. The lowest BCUT2D eigenvalue weighted by molar-refractivity contribution is 0.140. The van der Waals surface area contributed by atoms with E-state index < -0.39 is 0 Å². The Labute approximate surface area is 444 Å². The normalized spacial score (nSPS) is 20.4. The average Bonchev–Trinajstić information content (AvgIpc) is 3.95. The van der Waals surface area contributed by atoms with Crippen LogP contribution >= 0.6 is 11.3 Å². The molecule has 0 amide bonds. The lowest BCUT2D eigenvalue weighted by atomic mass is 9.36. The third-order valence-corrected chi connectivity index (χ3v) is 19.3. The van der Waals surface area contributed by atoms with Gasteiger partial charge in [0.2, 0.25) is 0 Å². The van der Waals surface area contributed by atoms with Gasteiger partial charge in [0.15, 0.2) is 0 Å². The van der Waals surface area contributed by atoms with Crippen molar-refractivity contribution in [3.63, 3.8) is 0 Å². The molecular weight excluding hydrogens is 902 g/mol. The Morgan fingerprint density at radius 2 is 1.00 bits per heavy atom. The summed E-state index contributed by atoms with van der Waals surface area (Å²) in [5, 5.41) is 1.34. The molecule has 2 aliphatic heterocycles. The van der Waals surface area contributed by atoms with Gasteiger partial charge in [-0.25, -0.2) is 0 Å². The molecule has 378 valence electrons. The smallest absolute Gasteiger partial charge is 0.264 e. The van der Waals surface area contributed by atoms with E-state index >= 15 is 0 Å². The van der Waals surface area contributed by atoms with E-state index in [9.17, 15) is 0 Å². The zero-order valence-corrected chi connectivity index (χ0v) is 48.5. The first-order valence-corrected chi connectivity index (χ1v) is 28.4. The van der Waals surface area contributed by atoms with E-state index in [4.69, 9.17) is 0 Å². The van der Waals surface area contributed by atoms with Crippen LogP contribution in [-0.4, -0.2) is 12.8 Å². The molecule has 3 atom stereocenters. The first-order valence-electron chi connectivity index (χ1n) is 27.6. The molecule has 4 aliphatic rings. The number of benzene rings is 6. The predicted octanol–water partition coefficient (Wildman–Crippen LogP) is 17.8. The molecule has 2 fully saturated rings. The fourth-order valence-electron chi connectivity index (χ4n) is 13.8. The highest BCUT2D eigenvalue weighted by Gasteiger charge is 2.63. The second-order valence-corrected chi connectivity index (χ2v) is 30.0. The van der Waals surface area contributed by atoms with Gasteiger partial charge in [-0.1, -0.05) is 179 Å². The van der Waals surface area contributed by atoms with Crippen LogP contribution in [0.1, 0.15) is 172 Å². The van der Waals surface area contributed by atoms with Crippen molar-refractivity contribution < 1.29 is 0 Å². The van der Waals surface area contributed by atoms with E-state index in [-0.39, 0.29) is 44.6 Å². The van der Waals surface area contributed by atoms with E-state index in [0.29, 0.717) is 12.0 Å². The minimum Gasteiger partial charge on any atom is -0.338 e. The fraction of sp³-hybridized carbons (Fsp3) is 0.441. The summed E-state index contributed by atoms with van der Waals surface area (Å²) >= 11 is 2.02. The molecule has 3 nitrogen and oxygen atoms in total. The van der Waals surface area contributed by atoms with Crippen LogP contribution in [-0.2, 0) is 27.1 Å². The molecule has 2 bridgehead atoms. The number of rotatable bonds is 5. The zero-order valence-electron chi connectivity index (χ0n) is 47.7. The van der Waals surface area contributed by atoms with Crippen LogP contribution < -0.4 is 30.4 Å². The van der Waals surface area contributed by atoms with Gasteiger partial charge in [0, 0.05) is 55.0 Å². The summed E-state index contributed by atoms with van der Waals surface area (Å²) in [6.07, 6.45) is 3.85. The molecule has 73 heavy (non-hydrogen) atoms. The van der Waals surface area contributed by atoms with Gasteiger partial charge in [0.1, 0.15) is 0 Å². The summed E-state index contributed by atoms with van der Waals surface area (Å²) in [5.74, 6) is 0.677. The number of hydrogen-bond acceptors (Lipinski definition) is 4. The molecule has 2 aliphatic carbocycles. The van der Waals surface area contributed by atoms with Crippen molar-refractivity contribution in [3.05, 3.63) is 149 Å². The molecule has 3 unspecified atom stereocenters. The van der Waals surface area contributed by atoms with E-state index in [2.05, 4.69) is 261 Å². The van der Waals surface area contributed by atoms with E-state index in [0.717, 1.165) is 0 Å². The van der Waals surface area contributed by atoms with Crippen molar-refractivity contribution in [3.8, 4) is 0 Å². The Morgan fingerprint density at radius 3 is 1.51 bits per heavy atom. The Bertz CT molecular complexity index is 3220. The van der Waals surface area contributed by atoms with Crippen molar-refractivity contribution in [1.82, 2.24) is 0 Å². The second-order valence-electron chi connectivity index (χ2n) is 28.9. The maximum Gasteiger partial charge on any atom is 0.264 e. The maximum absolute atomic E-state index is 2.95. The molecule has 1 aromatic heterocycles. The van der Waals surface area contributed by atoms with Crippen LogP contribution in [0.2, 0.25) is 0 Å². The van der Waals surface area contributed by atoms with Gasteiger partial charge in [0.25, 0.3) is 6.71 Å². The molecule has 0 spiro atoms. The summed E-state index contributed by atoms with van der Waals surface area (Å²) in [4.78, 5) is 8.22. The van der Waals surface area contributed by atoms with Crippen molar-refractivity contribution in [2.24, 2.45) is 16.7 Å². The first kappa shape index (κ1) is 49.9. The van der Waals surface area contributed by atoms with Gasteiger partial charge in [-0.2, -0.15) is 0 Å². The van der Waals surface area contributed by atoms with Gasteiger partial charge in [-0.05, 0) is 169 Å². The Kier molecular flexibility index (Phi) is 11.2. The Balaban J connectivity index is 1.29. The number of thiophene rings is 1. The molecule has 0 saturated heterocycles. The van der Waals surface area contributed by atoms with Crippen LogP contribution in [0, 0.1) is 16.7 Å². The Morgan fingerprint density at radius 1 is 0.521 bits per heavy atom. The molecule has 6 aromatic carbocycles. The van der Waals surface area contributed by atoms with Crippen molar-refractivity contribution in [2.45, 2.75) is 177 Å². The van der Waals surface area contributed by atoms with Crippen molar-refractivity contribution in [2.75, 3.05) is 14.7 Å². The molecule has 0 radical (unpaired) electrons. The van der Waals surface area contributed by atoms with Gasteiger partial charge in [-0.3, -0.25) is 0 Å². The summed E-state index contributed by atoms with van der Waals surface area (Å²) in [5.41, 5.74) is 20.0. The number of hydrogen-bond donors (Lipinski definition) is 0. The molecular formula is C68H82BN3S. The van der Waals surface area contributed by atoms with E-state index in [1.54, 1.807) is 0 Å². The monoisotopic (exact) mass is 984 g/mol. The summed E-state index contributed by atoms with van der Waals surface area (Å²) in [6.45, 7) is 43.1. The fourth-order valence-corrected chi connectivity index (χ4v) is 15.1. The number of anilines is 8. The Hall–Kier alpha value is -5.26. The van der Waals surface area contributed by atoms with Gasteiger partial charge >= 0.3 is 0 Å². The third-order valence-electron chi connectivity index (χ3n) is 18.1. The maximum atomic E-state index is 2.95. The van der Waals surface area contributed by atoms with Crippen LogP contribution in [0.3, 0.4) is 0 Å². The van der Waals surface area contributed by atoms with Crippen molar-refractivity contribution >= 4 is 89.3 Å². The first-order chi connectivity index (χ1) is 33.9. The van der Waals surface area contributed by atoms with Crippen LogP contribution in [0.4, 0.5) is 45.5 Å². The largest absolute Gasteiger partial charge is 0.338 e. The van der Waals surface area contributed by atoms with Crippen molar-refractivity contribution in [1.29, 1.82) is 0 Å². The SMILES string of the molecule is CC(C)(C)c1ccc(N(c2ccc(C(C)(C)C)cc2)c2cc3c4c(c2)N(C2C5(C)CCC(C5)C2(C)C)c2cc(C(C)(C)C)ccc2B4c2sc4ccc(C(C)(C)C)cc4c2N3c2ccc(C(C)(C)C)cc2)cc1. The van der Waals surface area contributed by atoms with Gasteiger partial charge in [-0.15, -0.1) is 11.3 Å². The standard InChI is InChI=1S/C68H82BN3S/c1-62(2,3)42-19-27-48(28-20-42)70(49-29-21-43(22-30-49)63(4,5)6)51-39-55-58-56(40-51)72(61-67(16,17)47-35-36-68(61,18)41-47)54-38-46(66(13,14)15)25-33-53(54)69(58)60-59(52-37-45(65(10,11)12)26-34-57(52)73-60)71(55)50-31-23-44(24-32-50)64(7,8)9/h19-34,37-40,47,61H,35-36,41H2,1-18H3. The zero-order chi connectivity index (χ0) is 52.3. The number of nitrogens with zero attached hydrogens (tertiary/aromatic N) is 3. The molecule has 5 heteroatoms. The van der Waals surface area contributed by atoms with E-state index in [1.807, 2.05) is 11.3 Å². The van der Waals surface area contributed by atoms with Gasteiger partial charge in [0.05, 0.1) is 11.4 Å². The van der Waals surface area contributed by atoms with Gasteiger partial charge < -0.3 is 14.7 Å². The quantitative estimate of drug-likeness (QED) is 0.159. The highest BCUT2D eigenvalue weighted by Crippen LogP contribution is 2.66. The highest BCUT2D eigenvalue weighted by molar-refractivity contribution is 7.33. The number of fused-ring (bicyclic) bond motifs is 8. The highest BCUT2D eigenvalue weighted by atomic mass is 32.1. The molecule has 11 rings (SSSR count). The second kappa shape index (κ2) is 16.4. The minimum atomic E-state index is -0.0218. The van der Waals surface area contributed by atoms with Crippen LogP contribution in [0.15, 0.2) is 121 Å². The summed E-state index contributed by atoms with van der Waals surface area (Å²) in [7, 11) is 0. The summed E-state index contributed by atoms with van der Waals surface area (Å²) in [6, 6.07) is 49.1. The van der Waals surface area contributed by atoms with Crippen LogP contribution in [0.25, 0.3) is 10.1 Å². The topological polar surface area (TPSA) is 9.72 Å². The lowest BCUT2D eigenvalue weighted by Gasteiger charge is -2.54. The van der Waals surface area contributed by atoms with E-state index in [1.165, 1.54) is 118 Å². The lowest BCUT2D eigenvalue weighted by Crippen LogP contribution is -2.64. The minimum absolute atomic E-state index is 0.00837. The molecule has 2 saturated carbocycles. The van der Waals surface area contributed by atoms with Crippen LogP contribution in [0.5, 0.6) is 0 Å². The summed E-state index contributed by atoms with van der Waals surface area (Å²) < 4.78 is 2.79. The third kappa shape index (κ3) is 8.11. The molecule has 7 aromatic rings. The predicted molar refractivity (Wildman–Crippen MR) is 321 cm³/mol. The molecule has 3 heterocycles. The average molecular weight is 984 g/mol.